The summed E-state index contributed by atoms with van der Waals surface area (Å²) in [7, 11) is 0. The van der Waals surface area contributed by atoms with Gasteiger partial charge in [-0.1, -0.05) is 0 Å². The van der Waals surface area contributed by atoms with E-state index in [1.165, 1.54) is 0 Å². The molecule has 0 aliphatic carbocycles. The van der Waals surface area contributed by atoms with E-state index in [0.717, 1.165) is 25.4 Å². The van der Waals surface area contributed by atoms with Gasteiger partial charge in [0.15, 0.2) is 0 Å². The zero-order chi connectivity index (χ0) is 10.3. The van der Waals surface area contributed by atoms with Gasteiger partial charge in [-0.3, -0.25) is 0 Å². The largest absolute Gasteiger partial charge is 1.00 e. The third-order valence-electron chi connectivity index (χ3n) is 1.24. The van der Waals surface area contributed by atoms with E-state index >= 15 is 0 Å². The molecule has 0 unspecified atom stereocenters. The molecule has 0 aromatic carbocycles. The summed E-state index contributed by atoms with van der Waals surface area (Å²) >= 11 is 26.6. The molecule has 0 aromatic heterocycles. The second kappa shape index (κ2) is 16.0. The molecular formula is C6K4S8. The SMILES string of the molecule is [K+].[K+].[K+].[K+].[S-]C1=C([S-])SC(=C2SC([S-])=C([S-])S2)S1. The van der Waals surface area contributed by atoms with Gasteiger partial charge in [0, 0.05) is 0 Å². The Morgan fingerprint density at radius 3 is 0.778 bits per heavy atom. The molecule has 2 aliphatic heterocycles. The Bertz CT molecular complexity index is 321. The molecule has 0 amide bonds. The Morgan fingerprint density at radius 1 is 0.444 bits per heavy atom. The van der Waals surface area contributed by atoms with Gasteiger partial charge >= 0.3 is 206 Å². The maximum atomic E-state index is 5.10. The minimum absolute atomic E-state index is 0. The molecule has 76 valence electrons. The van der Waals surface area contributed by atoms with Crippen LogP contribution in [0.2, 0.25) is 0 Å². The normalized spacial score (nSPS) is 17.8. The molecule has 2 aliphatic rings. The van der Waals surface area contributed by atoms with Crippen LogP contribution >= 0.6 is 47.0 Å². The topological polar surface area (TPSA) is 0 Å². The van der Waals surface area contributed by atoms with Crippen molar-refractivity contribution in [3.63, 3.8) is 0 Å². The fraction of sp³-hybridized carbons (Fsp3) is 0. The van der Waals surface area contributed by atoms with Gasteiger partial charge in [0.25, 0.3) is 0 Å². The average Bonchev–Trinajstić information content (AvgIpc) is 2.60. The van der Waals surface area contributed by atoms with Crippen LogP contribution in [0.25, 0.3) is 0 Å². The first-order valence-electron chi connectivity index (χ1n) is 3.20. The van der Waals surface area contributed by atoms with Gasteiger partial charge in [-0.25, -0.2) is 0 Å². The molecule has 0 nitrogen and oxygen atoms in total. The van der Waals surface area contributed by atoms with Gasteiger partial charge in [0.2, 0.25) is 0 Å². The predicted molar refractivity (Wildman–Crippen MR) is 80.9 cm³/mol. The van der Waals surface area contributed by atoms with Crippen LogP contribution in [0.1, 0.15) is 0 Å². The fourth-order valence-corrected chi connectivity index (χ4v) is 7.02. The number of thioether (sulfide) groups is 4. The van der Waals surface area contributed by atoms with Crippen LogP contribution in [0.15, 0.2) is 25.4 Å². The van der Waals surface area contributed by atoms with E-state index in [9.17, 15) is 0 Å². The van der Waals surface area contributed by atoms with Crippen molar-refractivity contribution in [2.75, 3.05) is 0 Å². The van der Waals surface area contributed by atoms with E-state index in [2.05, 4.69) is 0 Å². The van der Waals surface area contributed by atoms with Crippen LogP contribution in [-0.2, 0) is 50.5 Å². The molecule has 2 rings (SSSR count). The van der Waals surface area contributed by atoms with Crippen LogP contribution in [0.4, 0.5) is 0 Å². The van der Waals surface area contributed by atoms with Crippen molar-refractivity contribution in [3.8, 4) is 0 Å². The molecule has 12 heteroatoms. The maximum absolute atomic E-state index is 5.10. The number of hydrogen-bond acceptors (Lipinski definition) is 8. The third kappa shape index (κ3) is 9.83. The minimum atomic E-state index is 0. The first kappa shape index (κ1) is 30.8. The molecule has 0 bridgehead atoms. The van der Waals surface area contributed by atoms with Crippen molar-refractivity contribution in [1.82, 2.24) is 0 Å². The molecule has 18 heavy (non-hydrogen) atoms. The monoisotopic (exact) mass is 484 g/mol. The third-order valence-corrected chi connectivity index (χ3v) is 8.72. The summed E-state index contributed by atoms with van der Waals surface area (Å²) in [6.45, 7) is 0. The fourth-order valence-electron chi connectivity index (χ4n) is 0.712. The second-order valence-electron chi connectivity index (χ2n) is 2.13. The first-order valence-corrected chi connectivity index (χ1v) is 8.10. The van der Waals surface area contributed by atoms with Crippen LogP contribution in [-0.4, -0.2) is 0 Å². The molecule has 0 fully saturated rings. The van der Waals surface area contributed by atoms with E-state index in [0.29, 0.717) is 0 Å². The Balaban J connectivity index is -0.000000562. The number of hydrogen-bond donors (Lipinski definition) is 0. The molecule has 0 atom stereocenters. The molecule has 0 N–H and O–H groups in total. The summed E-state index contributed by atoms with van der Waals surface area (Å²) in [6.07, 6.45) is 0. The molecule has 0 aromatic rings. The Morgan fingerprint density at radius 2 is 0.611 bits per heavy atom. The van der Waals surface area contributed by atoms with Gasteiger partial charge in [-0.15, -0.1) is 64.0 Å². The van der Waals surface area contributed by atoms with E-state index in [1.54, 1.807) is 47.0 Å². The van der Waals surface area contributed by atoms with Gasteiger partial charge in [-0.05, 0) is 0 Å². The van der Waals surface area contributed by atoms with Crippen molar-refractivity contribution in [2.45, 2.75) is 0 Å². The van der Waals surface area contributed by atoms with Crippen molar-refractivity contribution in [1.29, 1.82) is 0 Å². The van der Waals surface area contributed by atoms with E-state index in [1.807, 2.05) is 0 Å². The second-order valence-corrected chi connectivity index (χ2v) is 9.40. The van der Waals surface area contributed by atoms with E-state index in [4.69, 9.17) is 50.5 Å². The van der Waals surface area contributed by atoms with Crippen molar-refractivity contribution in [2.24, 2.45) is 0 Å². The van der Waals surface area contributed by atoms with Crippen LogP contribution in [0.5, 0.6) is 0 Å². The van der Waals surface area contributed by atoms with Crippen LogP contribution in [0.3, 0.4) is 0 Å². The zero-order valence-corrected chi connectivity index (χ0v) is 29.3. The summed E-state index contributed by atoms with van der Waals surface area (Å²) < 4.78 is 5.43. The number of rotatable bonds is 0. The molecule has 0 saturated carbocycles. The van der Waals surface area contributed by atoms with Crippen LogP contribution in [0, 0.1) is 0 Å². The maximum Gasteiger partial charge on any atom is 1.00 e. The molecule has 0 spiro atoms. The van der Waals surface area contributed by atoms with Crippen molar-refractivity contribution >= 4 is 97.6 Å². The molecule has 0 radical (unpaired) electrons. The molecular weight excluding hydrogens is 485 g/mol. The van der Waals surface area contributed by atoms with Crippen LogP contribution < -0.4 is 206 Å². The van der Waals surface area contributed by atoms with E-state index < -0.39 is 0 Å². The Kier molecular flexibility index (Phi) is 27.4. The summed E-state index contributed by atoms with van der Waals surface area (Å²) in [5, 5.41) is 0. The minimum Gasteiger partial charge on any atom is -0.774 e. The standard InChI is InChI=1S/C6H4S8.4K/c7-1-2(8)12-5(11-1)6-13-3(9)4(10)14-6;;;;/h7-10H;;;;/q;4*+1/p-4. The summed E-state index contributed by atoms with van der Waals surface area (Å²) in [4.78, 5) is 0. The quantitative estimate of drug-likeness (QED) is 0.242. The summed E-state index contributed by atoms with van der Waals surface area (Å²) in [5.74, 6) is 0. The van der Waals surface area contributed by atoms with E-state index in [-0.39, 0.29) is 206 Å². The molecule has 2 heterocycles. The predicted octanol–water partition coefficient (Wildman–Crippen LogP) is -8.47. The Labute approximate surface area is 317 Å². The molecule has 0 saturated heterocycles. The summed E-state index contributed by atoms with van der Waals surface area (Å²) in [5.41, 5.74) is 0. The Hall–Kier alpha value is 8.05. The zero-order valence-electron chi connectivity index (χ0n) is 10.3. The van der Waals surface area contributed by atoms with Crippen molar-refractivity contribution < 1.29 is 206 Å². The van der Waals surface area contributed by atoms with Crippen molar-refractivity contribution in [3.05, 3.63) is 25.4 Å². The smallest absolute Gasteiger partial charge is 0.774 e. The van der Waals surface area contributed by atoms with Gasteiger partial charge in [0.1, 0.15) is 0 Å². The van der Waals surface area contributed by atoms with Gasteiger partial charge in [0.05, 0.1) is 8.47 Å². The first-order chi connectivity index (χ1) is 6.58. The van der Waals surface area contributed by atoms with Gasteiger partial charge in [-0.2, -0.15) is 0 Å². The summed E-state index contributed by atoms with van der Waals surface area (Å²) in [6, 6.07) is 0. The van der Waals surface area contributed by atoms with Gasteiger partial charge < -0.3 is 50.5 Å². The average molecular weight is 485 g/mol.